The largest absolute Gasteiger partial charge is 0.478 e. The summed E-state index contributed by atoms with van der Waals surface area (Å²) in [7, 11) is 0. The van der Waals surface area contributed by atoms with E-state index in [1.165, 1.54) is 6.42 Å². The van der Waals surface area contributed by atoms with E-state index in [0.717, 1.165) is 52.8 Å². The first-order valence-electron chi connectivity index (χ1n) is 14.7. The van der Waals surface area contributed by atoms with E-state index in [1.807, 2.05) is 36.4 Å². The predicted octanol–water partition coefficient (Wildman–Crippen LogP) is 7.50. The van der Waals surface area contributed by atoms with Gasteiger partial charge >= 0.3 is 5.97 Å². The molecule has 4 aromatic rings. The van der Waals surface area contributed by atoms with Gasteiger partial charge in [-0.05, 0) is 111 Å². The zero-order valence-electron chi connectivity index (χ0n) is 24.8. The lowest BCUT2D eigenvalue weighted by atomic mass is 9.91. The van der Waals surface area contributed by atoms with Crippen LogP contribution in [0.1, 0.15) is 65.4 Å². The number of anilines is 2. The summed E-state index contributed by atoms with van der Waals surface area (Å²) in [6.07, 6.45) is 3.04. The zero-order valence-corrected chi connectivity index (χ0v) is 26.4. The van der Waals surface area contributed by atoms with Gasteiger partial charge in [0.1, 0.15) is 0 Å². The molecule has 2 aromatic heterocycles. The first-order valence-corrected chi connectivity index (χ1v) is 15.5. The molecular formula is C34H36ClN5O2S. The summed E-state index contributed by atoms with van der Waals surface area (Å²) in [5.74, 6) is 0.296. The van der Waals surface area contributed by atoms with E-state index in [-0.39, 0.29) is 17.6 Å². The molecule has 2 N–H and O–H groups in total. The number of hydrogen-bond acceptors (Lipinski definition) is 4. The maximum Gasteiger partial charge on any atom is 0.335 e. The normalized spacial score (nSPS) is 22.1. The average Bonchev–Trinajstić information content (AvgIpc) is 3.47. The molecule has 0 amide bonds. The molecule has 7 nitrogen and oxygen atoms in total. The molecule has 2 saturated heterocycles. The minimum absolute atomic E-state index is 0.195. The van der Waals surface area contributed by atoms with Crippen molar-refractivity contribution in [3.05, 3.63) is 106 Å². The van der Waals surface area contributed by atoms with E-state index in [1.54, 1.807) is 18.3 Å². The predicted molar refractivity (Wildman–Crippen MR) is 177 cm³/mol. The topological polar surface area (TPSA) is 73.6 Å². The number of carbonyl (C=O) groups is 1. The van der Waals surface area contributed by atoms with Crippen molar-refractivity contribution in [1.82, 2.24) is 14.9 Å². The quantitative estimate of drug-likeness (QED) is 0.218. The molecule has 43 heavy (non-hydrogen) atoms. The molecule has 0 aliphatic carbocycles. The maximum atomic E-state index is 11.4. The van der Waals surface area contributed by atoms with E-state index >= 15 is 0 Å². The van der Waals surface area contributed by atoms with Crippen molar-refractivity contribution in [2.75, 3.05) is 22.9 Å². The fourth-order valence-electron chi connectivity index (χ4n) is 6.95. The number of pyridine rings is 1. The van der Waals surface area contributed by atoms with E-state index in [4.69, 9.17) is 28.8 Å². The average molecular weight is 614 g/mol. The second-order valence-corrected chi connectivity index (χ2v) is 12.8. The van der Waals surface area contributed by atoms with Gasteiger partial charge in [-0.2, -0.15) is 0 Å². The van der Waals surface area contributed by atoms with Crippen molar-refractivity contribution < 1.29 is 9.90 Å². The number of aromatic nitrogens is 2. The SMILES string of the molecule is Cc1cc([C@@H]2[C@@H](c3ccccn3)NC(=S)N2c2ccc(N3C[C@H](C)C[C@H](C)C3)c(Cl)c2)c(C)n1-c1ccc(C(=O)O)cc1. The number of aryl methyl sites for hydroxylation is 1. The molecular weight excluding hydrogens is 578 g/mol. The van der Waals surface area contributed by atoms with E-state index in [2.05, 4.69) is 65.6 Å². The molecule has 4 heterocycles. The number of hydrogen-bond donors (Lipinski definition) is 2. The Hall–Kier alpha value is -3.88. The molecule has 2 aliphatic rings. The third-order valence-corrected chi connectivity index (χ3v) is 9.30. The number of nitrogens with zero attached hydrogens (tertiary/aromatic N) is 4. The maximum absolute atomic E-state index is 11.4. The summed E-state index contributed by atoms with van der Waals surface area (Å²) in [6.45, 7) is 10.8. The fourth-order valence-corrected chi connectivity index (χ4v) is 7.59. The Morgan fingerprint density at radius 2 is 1.70 bits per heavy atom. The molecule has 0 radical (unpaired) electrons. The lowest BCUT2D eigenvalue weighted by Gasteiger charge is -2.37. The second-order valence-electron chi connectivity index (χ2n) is 12.0. The Bertz CT molecular complexity index is 1660. The minimum Gasteiger partial charge on any atom is -0.478 e. The van der Waals surface area contributed by atoms with Crippen molar-refractivity contribution in [3.63, 3.8) is 0 Å². The lowest BCUT2D eigenvalue weighted by molar-refractivity contribution is 0.0697. The Morgan fingerprint density at radius 3 is 2.33 bits per heavy atom. The summed E-state index contributed by atoms with van der Waals surface area (Å²) in [4.78, 5) is 20.7. The highest BCUT2D eigenvalue weighted by Crippen LogP contribution is 2.45. The van der Waals surface area contributed by atoms with Gasteiger partial charge in [0.2, 0.25) is 0 Å². The lowest BCUT2D eigenvalue weighted by Crippen LogP contribution is -2.38. The van der Waals surface area contributed by atoms with Crippen molar-refractivity contribution >= 4 is 46.3 Å². The van der Waals surface area contributed by atoms with Crippen LogP contribution in [-0.4, -0.2) is 38.8 Å². The summed E-state index contributed by atoms with van der Waals surface area (Å²) in [5.41, 5.74) is 7.21. The van der Waals surface area contributed by atoms with Gasteiger partial charge in [-0.15, -0.1) is 0 Å². The van der Waals surface area contributed by atoms with Gasteiger partial charge in [0.15, 0.2) is 5.11 Å². The van der Waals surface area contributed by atoms with Crippen LogP contribution in [0.15, 0.2) is 72.9 Å². The van der Waals surface area contributed by atoms with Gasteiger partial charge in [-0.1, -0.05) is 31.5 Å². The first kappa shape index (κ1) is 29.2. The number of carboxylic acid groups (broad SMARTS) is 1. The fraction of sp³-hybridized carbons (Fsp3) is 0.324. The van der Waals surface area contributed by atoms with Gasteiger partial charge in [0.05, 0.1) is 34.1 Å². The Labute approximate surface area is 263 Å². The molecule has 0 unspecified atom stereocenters. The number of thiocarbonyl (C=S) groups is 1. The van der Waals surface area contributed by atoms with Crippen molar-refractivity contribution in [2.45, 2.75) is 46.2 Å². The number of carboxylic acids is 1. The molecule has 2 aromatic carbocycles. The smallest absolute Gasteiger partial charge is 0.335 e. The molecule has 2 aliphatic heterocycles. The number of halogens is 1. The summed E-state index contributed by atoms with van der Waals surface area (Å²) in [6, 6.07) is 21.0. The molecule has 222 valence electrons. The number of rotatable bonds is 6. The van der Waals surface area contributed by atoms with Gasteiger partial charge < -0.3 is 24.8 Å². The van der Waals surface area contributed by atoms with Gasteiger partial charge in [-0.25, -0.2) is 4.79 Å². The minimum atomic E-state index is -0.943. The third-order valence-electron chi connectivity index (χ3n) is 8.68. The molecule has 4 atom stereocenters. The van der Waals surface area contributed by atoms with E-state index in [9.17, 15) is 9.90 Å². The van der Waals surface area contributed by atoms with Crippen LogP contribution < -0.4 is 15.1 Å². The number of nitrogens with one attached hydrogen (secondary N) is 1. The molecule has 9 heteroatoms. The molecule has 2 fully saturated rings. The molecule has 0 saturated carbocycles. The monoisotopic (exact) mass is 613 g/mol. The number of piperidine rings is 1. The van der Waals surface area contributed by atoms with E-state index < -0.39 is 5.97 Å². The van der Waals surface area contributed by atoms with Crippen LogP contribution in [0.4, 0.5) is 11.4 Å². The standard InChI is InChI=1S/C34H36ClN5O2S/c1-20-15-21(2)19-38(18-20)30-13-12-26(17-28(30)35)40-32(31(37-34(40)43)29-7-5-6-14-36-29)27-16-22(3)39(23(27)4)25-10-8-24(9-11-25)33(41)42/h5-14,16-17,20-21,31-32H,15,18-19H2,1-4H3,(H,37,43)(H,41,42)/t20-,21+,31-,32-/m1/s1. The van der Waals surface area contributed by atoms with E-state index in [0.29, 0.717) is 22.0 Å². The van der Waals surface area contributed by atoms with Crippen LogP contribution in [0.2, 0.25) is 5.02 Å². The Balaban J connectivity index is 1.43. The summed E-state index contributed by atoms with van der Waals surface area (Å²) in [5, 5.41) is 14.3. The summed E-state index contributed by atoms with van der Waals surface area (Å²) < 4.78 is 2.16. The van der Waals surface area contributed by atoms with Gasteiger partial charge in [0, 0.05) is 42.0 Å². The van der Waals surface area contributed by atoms with Crippen LogP contribution in [0.3, 0.4) is 0 Å². The third kappa shape index (κ3) is 5.50. The van der Waals surface area contributed by atoms with Crippen LogP contribution in [0, 0.1) is 25.7 Å². The molecule has 6 rings (SSSR count). The van der Waals surface area contributed by atoms with Gasteiger partial charge in [-0.3, -0.25) is 4.98 Å². The van der Waals surface area contributed by atoms with Crippen LogP contribution in [0.5, 0.6) is 0 Å². The van der Waals surface area contributed by atoms with Crippen LogP contribution >= 0.6 is 23.8 Å². The number of aromatic carboxylic acids is 1. The van der Waals surface area contributed by atoms with Crippen LogP contribution in [-0.2, 0) is 0 Å². The Kier molecular flexibility index (Phi) is 7.92. The molecule has 0 bridgehead atoms. The van der Waals surface area contributed by atoms with Crippen molar-refractivity contribution in [1.29, 1.82) is 0 Å². The van der Waals surface area contributed by atoms with Gasteiger partial charge in [0.25, 0.3) is 0 Å². The Morgan fingerprint density at radius 1 is 1.00 bits per heavy atom. The number of benzene rings is 2. The highest BCUT2D eigenvalue weighted by atomic mass is 35.5. The summed E-state index contributed by atoms with van der Waals surface area (Å²) >= 11 is 13.0. The second kappa shape index (κ2) is 11.7. The van der Waals surface area contributed by atoms with Crippen molar-refractivity contribution in [2.24, 2.45) is 11.8 Å². The highest BCUT2D eigenvalue weighted by Gasteiger charge is 2.42. The molecule has 0 spiro atoms. The highest BCUT2D eigenvalue weighted by molar-refractivity contribution is 7.80. The first-order chi connectivity index (χ1) is 20.6. The zero-order chi connectivity index (χ0) is 30.4. The van der Waals surface area contributed by atoms with Crippen LogP contribution in [0.25, 0.3) is 5.69 Å². The van der Waals surface area contributed by atoms with Crippen molar-refractivity contribution in [3.8, 4) is 5.69 Å².